The van der Waals surface area contributed by atoms with Gasteiger partial charge in [-0.1, -0.05) is 17.4 Å². The lowest BCUT2D eigenvalue weighted by atomic mass is 10.2. The van der Waals surface area contributed by atoms with Crippen LogP contribution in [0.5, 0.6) is 0 Å². The molecule has 1 N–H and O–H groups in total. The van der Waals surface area contributed by atoms with E-state index in [2.05, 4.69) is 16.3 Å². The first-order valence-corrected chi connectivity index (χ1v) is 5.92. The third-order valence-corrected chi connectivity index (χ3v) is 3.56. The monoisotopic (exact) mass is 247 g/mol. The molecule has 3 rings (SSSR count). The summed E-state index contributed by atoms with van der Waals surface area (Å²) in [6, 6.07) is 6.04. The SMILES string of the molecule is Cc1ccc2c(c1)sc1nnc(CC(=O)O)n12. The largest absolute Gasteiger partial charge is 0.481 e. The maximum absolute atomic E-state index is 10.7. The molecular formula is C11H9N3O2S. The normalized spacial score (nSPS) is 11.4. The van der Waals surface area contributed by atoms with Crippen molar-refractivity contribution in [1.82, 2.24) is 14.6 Å². The first kappa shape index (κ1) is 10.2. The standard InChI is InChI=1S/C11H9N3O2S/c1-6-2-3-7-8(4-6)17-11-13-12-9(14(7)11)5-10(15)16/h2-4H,5H2,1H3,(H,15,16). The Morgan fingerprint density at radius 1 is 1.47 bits per heavy atom. The highest BCUT2D eigenvalue weighted by atomic mass is 32.1. The van der Waals surface area contributed by atoms with Crippen LogP contribution in [0.2, 0.25) is 0 Å². The van der Waals surface area contributed by atoms with E-state index >= 15 is 0 Å². The zero-order chi connectivity index (χ0) is 12.0. The number of benzene rings is 1. The van der Waals surface area contributed by atoms with Gasteiger partial charge in [-0.3, -0.25) is 9.20 Å². The molecular weight excluding hydrogens is 238 g/mol. The van der Waals surface area contributed by atoms with Crippen LogP contribution in [0.1, 0.15) is 11.4 Å². The van der Waals surface area contributed by atoms with Crippen molar-refractivity contribution >= 4 is 32.5 Å². The number of fused-ring (bicyclic) bond motifs is 3. The summed E-state index contributed by atoms with van der Waals surface area (Å²) in [6.07, 6.45) is -0.110. The van der Waals surface area contributed by atoms with E-state index in [9.17, 15) is 4.79 Å². The lowest BCUT2D eigenvalue weighted by molar-refractivity contribution is -0.136. The molecule has 0 atom stereocenters. The van der Waals surface area contributed by atoms with Gasteiger partial charge in [0.15, 0.2) is 0 Å². The predicted octanol–water partition coefficient (Wildman–Crippen LogP) is 1.88. The van der Waals surface area contributed by atoms with Gasteiger partial charge in [-0.25, -0.2) is 0 Å². The highest BCUT2D eigenvalue weighted by molar-refractivity contribution is 7.23. The molecule has 0 aliphatic rings. The molecule has 0 saturated carbocycles. The van der Waals surface area contributed by atoms with Crippen molar-refractivity contribution < 1.29 is 9.90 Å². The van der Waals surface area contributed by atoms with E-state index in [0.717, 1.165) is 15.2 Å². The van der Waals surface area contributed by atoms with Crippen LogP contribution in [-0.4, -0.2) is 25.7 Å². The number of hydrogen-bond acceptors (Lipinski definition) is 4. The number of carboxylic acid groups (broad SMARTS) is 1. The second kappa shape index (κ2) is 3.53. The first-order valence-electron chi connectivity index (χ1n) is 5.10. The van der Waals surface area contributed by atoms with Gasteiger partial charge >= 0.3 is 5.97 Å². The molecule has 2 heterocycles. The highest BCUT2D eigenvalue weighted by Crippen LogP contribution is 2.27. The average molecular weight is 247 g/mol. The van der Waals surface area contributed by atoms with E-state index in [-0.39, 0.29) is 6.42 Å². The molecule has 0 radical (unpaired) electrons. The lowest BCUT2D eigenvalue weighted by Gasteiger charge is -1.96. The Morgan fingerprint density at radius 3 is 3.06 bits per heavy atom. The van der Waals surface area contributed by atoms with Crippen LogP contribution in [-0.2, 0) is 11.2 Å². The number of carboxylic acids is 1. The second-order valence-electron chi connectivity index (χ2n) is 3.88. The maximum atomic E-state index is 10.7. The number of carbonyl (C=O) groups is 1. The highest BCUT2D eigenvalue weighted by Gasteiger charge is 2.14. The summed E-state index contributed by atoms with van der Waals surface area (Å²) in [7, 11) is 0. The minimum absolute atomic E-state index is 0.110. The van der Waals surface area contributed by atoms with Crippen molar-refractivity contribution in [3.63, 3.8) is 0 Å². The Labute approximate surface area is 100 Å². The number of aliphatic carboxylic acids is 1. The van der Waals surface area contributed by atoms with Gasteiger partial charge < -0.3 is 5.11 Å². The summed E-state index contributed by atoms with van der Waals surface area (Å²) in [5.41, 5.74) is 2.14. The topological polar surface area (TPSA) is 67.5 Å². The molecule has 2 aromatic heterocycles. The lowest BCUT2D eigenvalue weighted by Crippen LogP contribution is -2.04. The van der Waals surface area contributed by atoms with Crippen LogP contribution in [0.4, 0.5) is 0 Å². The molecule has 6 heteroatoms. The molecule has 17 heavy (non-hydrogen) atoms. The molecule has 0 aliphatic heterocycles. The quantitative estimate of drug-likeness (QED) is 0.750. The Bertz CT molecular complexity index is 729. The molecule has 0 amide bonds. The van der Waals surface area contributed by atoms with Crippen LogP contribution < -0.4 is 0 Å². The Morgan fingerprint density at radius 2 is 2.29 bits per heavy atom. The number of nitrogens with zero attached hydrogens (tertiary/aromatic N) is 3. The smallest absolute Gasteiger partial charge is 0.311 e. The van der Waals surface area contributed by atoms with Gasteiger partial charge in [0, 0.05) is 0 Å². The summed E-state index contributed by atoms with van der Waals surface area (Å²) in [5, 5.41) is 16.7. The molecule has 0 saturated heterocycles. The zero-order valence-corrected chi connectivity index (χ0v) is 9.86. The van der Waals surface area contributed by atoms with E-state index in [0.29, 0.717) is 5.82 Å². The van der Waals surface area contributed by atoms with E-state index in [1.165, 1.54) is 16.9 Å². The second-order valence-corrected chi connectivity index (χ2v) is 4.89. The predicted molar refractivity (Wildman–Crippen MR) is 64.4 cm³/mol. The van der Waals surface area contributed by atoms with Crippen LogP contribution in [0, 0.1) is 6.92 Å². The minimum Gasteiger partial charge on any atom is -0.481 e. The Kier molecular flexibility index (Phi) is 2.12. The van der Waals surface area contributed by atoms with Gasteiger partial charge in [0.2, 0.25) is 4.96 Å². The molecule has 0 fully saturated rings. The summed E-state index contributed by atoms with van der Waals surface area (Å²) >= 11 is 1.52. The van der Waals surface area contributed by atoms with E-state index in [1.54, 1.807) is 0 Å². The Balaban J connectivity index is 2.32. The summed E-state index contributed by atoms with van der Waals surface area (Å²) in [4.78, 5) is 11.5. The number of aromatic nitrogens is 3. The summed E-state index contributed by atoms with van der Waals surface area (Å²) < 4.78 is 2.91. The first-order chi connectivity index (χ1) is 8.15. The molecule has 5 nitrogen and oxygen atoms in total. The fourth-order valence-electron chi connectivity index (χ4n) is 1.84. The van der Waals surface area contributed by atoms with Crippen molar-refractivity contribution in [3.8, 4) is 0 Å². The van der Waals surface area contributed by atoms with Crippen molar-refractivity contribution in [1.29, 1.82) is 0 Å². The molecule has 0 unspecified atom stereocenters. The number of thiazole rings is 1. The number of aryl methyl sites for hydroxylation is 1. The van der Waals surface area contributed by atoms with Crippen LogP contribution >= 0.6 is 11.3 Å². The third-order valence-electron chi connectivity index (χ3n) is 2.57. The van der Waals surface area contributed by atoms with Gasteiger partial charge in [0.05, 0.1) is 10.2 Å². The third kappa shape index (κ3) is 1.57. The molecule has 3 aromatic rings. The number of hydrogen-bond donors (Lipinski definition) is 1. The molecule has 1 aromatic carbocycles. The van der Waals surface area contributed by atoms with Crippen molar-refractivity contribution in [2.24, 2.45) is 0 Å². The van der Waals surface area contributed by atoms with E-state index < -0.39 is 5.97 Å². The Hall–Kier alpha value is -1.95. The van der Waals surface area contributed by atoms with Gasteiger partial charge in [-0.15, -0.1) is 10.2 Å². The average Bonchev–Trinajstić information content (AvgIpc) is 2.77. The van der Waals surface area contributed by atoms with Crippen LogP contribution in [0.25, 0.3) is 15.2 Å². The minimum atomic E-state index is -0.897. The molecule has 86 valence electrons. The fourth-order valence-corrected chi connectivity index (χ4v) is 2.93. The maximum Gasteiger partial charge on any atom is 0.311 e. The van der Waals surface area contributed by atoms with Crippen LogP contribution in [0.15, 0.2) is 18.2 Å². The molecule has 0 spiro atoms. The van der Waals surface area contributed by atoms with Gasteiger partial charge in [-0.2, -0.15) is 0 Å². The van der Waals surface area contributed by atoms with Crippen molar-refractivity contribution in [3.05, 3.63) is 29.6 Å². The van der Waals surface area contributed by atoms with Gasteiger partial charge in [0.1, 0.15) is 12.2 Å². The number of rotatable bonds is 2. The van der Waals surface area contributed by atoms with Crippen LogP contribution in [0.3, 0.4) is 0 Å². The van der Waals surface area contributed by atoms with Crippen molar-refractivity contribution in [2.45, 2.75) is 13.3 Å². The summed E-state index contributed by atoms with van der Waals surface area (Å²) in [6.45, 7) is 2.03. The zero-order valence-electron chi connectivity index (χ0n) is 9.04. The van der Waals surface area contributed by atoms with E-state index in [4.69, 9.17) is 5.11 Å². The van der Waals surface area contributed by atoms with E-state index in [1.807, 2.05) is 23.5 Å². The molecule has 0 aliphatic carbocycles. The van der Waals surface area contributed by atoms with Gasteiger partial charge in [0.25, 0.3) is 0 Å². The van der Waals surface area contributed by atoms with Gasteiger partial charge in [-0.05, 0) is 24.6 Å². The van der Waals surface area contributed by atoms with Crippen molar-refractivity contribution in [2.75, 3.05) is 0 Å². The fraction of sp³-hybridized carbons (Fsp3) is 0.182. The molecule has 0 bridgehead atoms. The summed E-state index contributed by atoms with van der Waals surface area (Å²) in [5.74, 6) is -0.423.